The van der Waals surface area contributed by atoms with Gasteiger partial charge in [-0.3, -0.25) is 10.5 Å². The molecule has 0 aliphatic carbocycles. The first kappa shape index (κ1) is 9.78. The molecule has 1 radical (unpaired) electrons. The predicted molar refractivity (Wildman–Crippen MR) is 52.2 cm³/mol. The molecule has 1 atom stereocenters. The van der Waals surface area contributed by atoms with Crippen molar-refractivity contribution in [1.29, 1.82) is 0 Å². The molecule has 1 aromatic rings. The lowest BCUT2D eigenvalue weighted by Crippen LogP contribution is -2.01. The zero-order valence-corrected chi connectivity index (χ0v) is 7.79. The van der Waals surface area contributed by atoms with E-state index in [1.807, 2.05) is 18.2 Å². The Morgan fingerprint density at radius 1 is 1.38 bits per heavy atom. The Balaban J connectivity index is 2.49. The molecule has 0 bridgehead atoms. The highest BCUT2D eigenvalue weighted by Crippen LogP contribution is 2.19. The molecule has 13 heavy (non-hydrogen) atoms. The van der Waals surface area contributed by atoms with Gasteiger partial charge in [-0.2, -0.15) is 0 Å². The molecular formula is C11H14NO. The van der Waals surface area contributed by atoms with Gasteiger partial charge in [-0.15, -0.1) is 0 Å². The smallest absolute Gasteiger partial charge is 0.238 e. The highest BCUT2D eigenvalue weighted by Gasteiger charge is 2.06. The Bertz CT molecular complexity index is 269. The van der Waals surface area contributed by atoms with E-state index in [-0.39, 0.29) is 0 Å². The molecule has 2 nitrogen and oxygen atoms in total. The van der Waals surface area contributed by atoms with Crippen LogP contribution >= 0.6 is 0 Å². The number of benzene rings is 1. The minimum atomic E-state index is -0.470. The Morgan fingerprint density at radius 3 is 2.54 bits per heavy atom. The third-order valence-electron chi connectivity index (χ3n) is 2.17. The van der Waals surface area contributed by atoms with E-state index in [9.17, 15) is 4.79 Å². The first-order valence-corrected chi connectivity index (χ1v) is 4.49. The van der Waals surface area contributed by atoms with Crippen molar-refractivity contribution < 1.29 is 4.79 Å². The van der Waals surface area contributed by atoms with Crippen LogP contribution < -0.4 is 5.73 Å². The normalized spacial score (nSPS) is 12.4. The second kappa shape index (κ2) is 4.65. The topological polar surface area (TPSA) is 40.9 Å². The van der Waals surface area contributed by atoms with Crippen molar-refractivity contribution in [3.05, 3.63) is 35.9 Å². The molecule has 69 valence electrons. The number of amides is 1. The average Bonchev–Trinajstić information content (AvgIpc) is 2.15. The Hall–Kier alpha value is -1.31. The Kier molecular flexibility index (Phi) is 3.50. The zero-order chi connectivity index (χ0) is 9.68. The molecule has 0 saturated heterocycles. The number of rotatable bonds is 4. The van der Waals surface area contributed by atoms with Gasteiger partial charge in [0.25, 0.3) is 0 Å². The van der Waals surface area contributed by atoms with Crippen molar-refractivity contribution in [3.8, 4) is 0 Å². The average molecular weight is 176 g/mol. The molecular weight excluding hydrogens is 162 g/mol. The van der Waals surface area contributed by atoms with E-state index >= 15 is 0 Å². The molecule has 1 rings (SSSR count). The summed E-state index contributed by atoms with van der Waals surface area (Å²) in [6.07, 6.45) is 1.13. The van der Waals surface area contributed by atoms with Crippen LogP contribution in [0.15, 0.2) is 30.3 Å². The molecule has 0 saturated carbocycles. The lowest BCUT2D eigenvalue weighted by atomic mass is 9.96. The summed E-state index contributed by atoms with van der Waals surface area (Å²) < 4.78 is 0. The van der Waals surface area contributed by atoms with Gasteiger partial charge >= 0.3 is 0 Å². The van der Waals surface area contributed by atoms with Gasteiger partial charge in [0, 0.05) is 6.42 Å². The lowest BCUT2D eigenvalue weighted by Gasteiger charge is -2.09. The van der Waals surface area contributed by atoms with Crippen LogP contribution in [0.25, 0.3) is 0 Å². The van der Waals surface area contributed by atoms with Gasteiger partial charge in [0.05, 0.1) is 0 Å². The fourth-order valence-electron chi connectivity index (χ4n) is 1.30. The molecule has 0 aliphatic heterocycles. The molecule has 2 heteroatoms. The molecule has 1 amide bonds. The van der Waals surface area contributed by atoms with Crippen molar-refractivity contribution in [1.82, 2.24) is 5.73 Å². The Morgan fingerprint density at radius 2 is 2.00 bits per heavy atom. The molecule has 0 aromatic heterocycles. The van der Waals surface area contributed by atoms with E-state index < -0.39 is 5.91 Å². The number of carbonyl (C=O) groups is 1. The first-order valence-electron chi connectivity index (χ1n) is 4.49. The molecule has 0 heterocycles. The Labute approximate surface area is 78.8 Å². The van der Waals surface area contributed by atoms with Crippen LogP contribution in [0, 0.1) is 0 Å². The maximum absolute atomic E-state index is 10.4. The summed E-state index contributed by atoms with van der Waals surface area (Å²) in [5.74, 6) is -0.0988. The van der Waals surface area contributed by atoms with Gasteiger partial charge in [0.1, 0.15) is 0 Å². The second-order valence-electron chi connectivity index (χ2n) is 3.27. The highest BCUT2D eigenvalue weighted by molar-refractivity contribution is 5.72. The maximum Gasteiger partial charge on any atom is 0.238 e. The van der Waals surface area contributed by atoms with E-state index in [2.05, 4.69) is 19.1 Å². The molecule has 1 aromatic carbocycles. The molecule has 0 fully saturated rings. The van der Waals surface area contributed by atoms with Gasteiger partial charge in [0.2, 0.25) is 5.91 Å². The van der Waals surface area contributed by atoms with Gasteiger partial charge in [-0.25, -0.2) is 0 Å². The summed E-state index contributed by atoms with van der Waals surface area (Å²) in [5, 5.41) is 0. The SMILES string of the molecule is CC(CCC([NH])=O)c1ccccc1. The molecule has 1 unspecified atom stereocenters. The van der Waals surface area contributed by atoms with Crippen molar-refractivity contribution in [2.24, 2.45) is 0 Å². The summed E-state index contributed by atoms with van der Waals surface area (Å²) in [6.45, 7) is 2.08. The van der Waals surface area contributed by atoms with E-state index in [1.54, 1.807) is 0 Å². The van der Waals surface area contributed by atoms with Crippen molar-refractivity contribution >= 4 is 5.91 Å². The fourth-order valence-corrected chi connectivity index (χ4v) is 1.30. The summed E-state index contributed by atoms with van der Waals surface area (Å²) in [5.41, 5.74) is 8.03. The monoisotopic (exact) mass is 176 g/mol. The zero-order valence-electron chi connectivity index (χ0n) is 7.79. The van der Waals surface area contributed by atoms with E-state index in [1.165, 1.54) is 5.56 Å². The van der Waals surface area contributed by atoms with Crippen molar-refractivity contribution in [3.63, 3.8) is 0 Å². The van der Waals surface area contributed by atoms with Crippen LogP contribution in [0.4, 0.5) is 0 Å². The third kappa shape index (κ3) is 3.28. The number of carbonyl (C=O) groups excluding carboxylic acids is 1. The largest absolute Gasteiger partial charge is 0.273 e. The highest BCUT2D eigenvalue weighted by atomic mass is 16.1. The molecule has 1 N–H and O–H groups in total. The summed E-state index contributed by atoms with van der Waals surface area (Å²) >= 11 is 0. The number of hydrogen-bond donors (Lipinski definition) is 0. The first-order chi connectivity index (χ1) is 6.20. The second-order valence-corrected chi connectivity index (χ2v) is 3.27. The predicted octanol–water partition coefficient (Wildman–Crippen LogP) is 2.38. The van der Waals surface area contributed by atoms with E-state index in [0.717, 1.165) is 6.42 Å². The summed E-state index contributed by atoms with van der Waals surface area (Å²) in [4.78, 5) is 10.4. The van der Waals surface area contributed by atoms with E-state index in [4.69, 9.17) is 5.73 Å². The maximum atomic E-state index is 10.4. The van der Waals surface area contributed by atoms with Crippen LogP contribution in [0.3, 0.4) is 0 Å². The third-order valence-corrected chi connectivity index (χ3v) is 2.17. The van der Waals surface area contributed by atoms with Gasteiger partial charge < -0.3 is 0 Å². The standard InChI is InChI=1S/C11H14NO/c1-9(7-8-11(12)13)10-5-3-2-4-6-10/h2-6,9,12H,7-8H2,1H3. The van der Waals surface area contributed by atoms with Crippen molar-refractivity contribution in [2.45, 2.75) is 25.7 Å². The lowest BCUT2D eigenvalue weighted by molar-refractivity contribution is -0.118. The van der Waals surface area contributed by atoms with E-state index in [0.29, 0.717) is 12.3 Å². The van der Waals surface area contributed by atoms with Crippen LogP contribution in [0.5, 0.6) is 0 Å². The minimum Gasteiger partial charge on any atom is -0.273 e. The summed E-state index contributed by atoms with van der Waals surface area (Å²) in [7, 11) is 0. The quantitative estimate of drug-likeness (QED) is 0.694. The minimum absolute atomic E-state index is 0.357. The molecule has 0 spiro atoms. The van der Waals surface area contributed by atoms with Crippen LogP contribution in [-0.2, 0) is 4.79 Å². The number of hydrogen-bond acceptors (Lipinski definition) is 1. The van der Waals surface area contributed by atoms with Crippen molar-refractivity contribution in [2.75, 3.05) is 0 Å². The van der Waals surface area contributed by atoms with Crippen LogP contribution in [0.2, 0.25) is 0 Å². The molecule has 0 aliphatic rings. The van der Waals surface area contributed by atoms with Gasteiger partial charge in [-0.05, 0) is 17.9 Å². The van der Waals surface area contributed by atoms with Gasteiger partial charge in [0.15, 0.2) is 0 Å². The van der Waals surface area contributed by atoms with Crippen LogP contribution in [-0.4, -0.2) is 5.91 Å². The van der Waals surface area contributed by atoms with Crippen LogP contribution in [0.1, 0.15) is 31.2 Å². The summed E-state index contributed by atoms with van der Waals surface area (Å²) in [6, 6.07) is 10.1. The number of nitrogens with one attached hydrogen (secondary N) is 1. The fraction of sp³-hybridized carbons (Fsp3) is 0.364. The van der Waals surface area contributed by atoms with Gasteiger partial charge in [-0.1, -0.05) is 37.3 Å².